The standard InChI is InChI=1S/C23H20N4O2/c1-27-21(25-22(28)14-16-8-3-2-4-9-16)15-20(26-27)23(29)24-19-13-7-11-17-10-5-6-12-18(17)19/h2-13,15H,14H2,1H3,(H,24,29)(H,25,28). The Hall–Kier alpha value is -3.93. The van der Waals surface area contributed by atoms with Crippen molar-refractivity contribution in [3.05, 3.63) is 90.1 Å². The molecule has 0 saturated heterocycles. The summed E-state index contributed by atoms with van der Waals surface area (Å²) in [6.45, 7) is 0. The number of carbonyl (C=O) groups is 2. The van der Waals surface area contributed by atoms with Crippen molar-refractivity contribution in [2.75, 3.05) is 10.6 Å². The Morgan fingerprint density at radius 2 is 1.62 bits per heavy atom. The van der Waals surface area contributed by atoms with E-state index in [-0.39, 0.29) is 23.9 Å². The number of hydrogen-bond acceptors (Lipinski definition) is 3. The molecule has 6 heteroatoms. The molecular weight excluding hydrogens is 364 g/mol. The van der Waals surface area contributed by atoms with E-state index >= 15 is 0 Å². The van der Waals surface area contributed by atoms with Gasteiger partial charge in [-0.25, -0.2) is 0 Å². The second-order valence-corrected chi connectivity index (χ2v) is 6.73. The van der Waals surface area contributed by atoms with Crippen molar-refractivity contribution in [2.24, 2.45) is 7.05 Å². The highest BCUT2D eigenvalue weighted by Gasteiger charge is 2.15. The number of hydrogen-bond donors (Lipinski definition) is 2. The van der Waals surface area contributed by atoms with E-state index in [1.165, 1.54) is 4.68 Å². The van der Waals surface area contributed by atoms with Gasteiger partial charge in [-0.05, 0) is 17.0 Å². The summed E-state index contributed by atoms with van der Waals surface area (Å²) in [4.78, 5) is 25.0. The summed E-state index contributed by atoms with van der Waals surface area (Å²) in [6.07, 6.45) is 0.254. The smallest absolute Gasteiger partial charge is 0.276 e. The highest BCUT2D eigenvalue weighted by atomic mass is 16.2. The third-order valence-electron chi connectivity index (χ3n) is 4.63. The number of aromatic nitrogens is 2. The third kappa shape index (κ3) is 4.16. The molecule has 4 rings (SSSR count). The van der Waals surface area contributed by atoms with E-state index in [4.69, 9.17) is 0 Å². The molecule has 4 aromatic rings. The van der Waals surface area contributed by atoms with Crippen LogP contribution in [0.5, 0.6) is 0 Å². The minimum Gasteiger partial charge on any atom is -0.320 e. The lowest BCUT2D eigenvalue weighted by Gasteiger charge is -2.07. The first-order valence-electron chi connectivity index (χ1n) is 9.27. The van der Waals surface area contributed by atoms with Crippen LogP contribution in [0.1, 0.15) is 16.1 Å². The van der Waals surface area contributed by atoms with E-state index in [0.29, 0.717) is 11.5 Å². The average Bonchev–Trinajstić information content (AvgIpc) is 3.09. The summed E-state index contributed by atoms with van der Waals surface area (Å²) >= 11 is 0. The second kappa shape index (κ2) is 7.98. The van der Waals surface area contributed by atoms with Gasteiger partial charge >= 0.3 is 0 Å². The molecule has 0 aliphatic rings. The molecule has 1 heterocycles. The highest BCUT2D eigenvalue weighted by Crippen LogP contribution is 2.23. The minimum atomic E-state index is -0.333. The van der Waals surface area contributed by atoms with Gasteiger partial charge in [-0.15, -0.1) is 0 Å². The van der Waals surface area contributed by atoms with Gasteiger partial charge < -0.3 is 10.6 Å². The van der Waals surface area contributed by atoms with Crippen LogP contribution in [0.3, 0.4) is 0 Å². The number of anilines is 2. The lowest BCUT2D eigenvalue weighted by atomic mass is 10.1. The van der Waals surface area contributed by atoms with Gasteiger partial charge in [-0.2, -0.15) is 5.10 Å². The first kappa shape index (κ1) is 18.4. The largest absolute Gasteiger partial charge is 0.320 e. The fourth-order valence-corrected chi connectivity index (χ4v) is 3.18. The van der Waals surface area contributed by atoms with Crippen LogP contribution < -0.4 is 10.6 Å². The molecule has 2 amide bonds. The van der Waals surface area contributed by atoms with Crippen molar-refractivity contribution >= 4 is 34.1 Å². The van der Waals surface area contributed by atoms with Crippen molar-refractivity contribution in [3.63, 3.8) is 0 Å². The summed E-state index contributed by atoms with van der Waals surface area (Å²) in [5.41, 5.74) is 1.87. The van der Waals surface area contributed by atoms with Crippen LogP contribution in [0.2, 0.25) is 0 Å². The molecule has 0 aliphatic carbocycles. The predicted octanol–water partition coefficient (Wildman–Crippen LogP) is 4.01. The van der Waals surface area contributed by atoms with E-state index in [9.17, 15) is 9.59 Å². The number of rotatable bonds is 5. The number of fused-ring (bicyclic) bond motifs is 1. The van der Waals surface area contributed by atoms with Gasteiger partial charge in [0.2, 0.25) is 5.91 Å². The molecule has 2 N–H and O–H groups in total. The fraction of sp³-hybridized carbons (Fsp3) is 0.0870. The first-order valence-corrected chi connectivity index (χ1v) is 9.27. The van der Waals surface area contributed by atoms with Crippen LogP contribution in [0, 0.1) is 0 Å². The lowest BCUT2D eigenvalue weighted by molar-refractivity contribution is -0.115. The molecule has 0 radical (unpaired) electrons. The normalized spacial score (nSPS) is 10.7. The maximum atomic E-state index is 12.7. The van der Waals surface area contributed by atoms with E-state index < -0.39 is 0 Å². The molecule has 0 aliphatic heterocycles. The number of benzene rings is 3. The Bertz CT molecular complexity index is 1180. The topological polar surface area (TPSA) is 76.0 Å². The Kier molecular flexibility index (Phi) is 5.07. The fourth-order valence-electron chi connectivity index (χ4n) is 3.18. The zero-order chi connectivity index (χ0) is 20.2. The molecule has 0 spiro atoms. The highest BCUT2D eigenvalue weighted by molar-refractivity contribution is 6.08. The maximum Gasteiger partial charge on any atom is 0.276 e. The van der Waals surface area contributed by atoms with Gasteiger partial charge in [0, 0.05) is 24.2 Å². The number of nitrogens with one attached hydrogen (secondary N) is 2. The Morgan fingerprint density at radius 3 is 2.45 bits per heavy atom. The van der Waals surface area contributed by atoms with Crippen LogP contribution in [0.15, 0.2) is 78.9 Å². The summed E-state index contributed by atoms with van der Waals surface area (Å²) in [5, 5.41) is 11.9. The molecule has 1 aromatic heterocycles. The molecule has 0 bridgehead atoms. The van der Waals surface area contributed by atoms with E-state index in [1.807, 2.05) is 72.8 Å². The lowest BCUT2D eigenvalue weighted by Crippen LogP contribution is -2.16. The number of carbonyl (C=O) groups excluding carboxylic acids is 2. The van der Waals surface area contributed by atoms with Crippen LogP contribution in [-0.4, -0.2) is 21.6 Å². The van der Waals surface area contributed by atoms with Crippen LogP contribution in [-0.2, 0) is 18.3 Å². The third-order valence-corrected chi connectivity index (χ3v) is 4.63. The van der Waals surface area contributed by atoms with Gasteiger partial charge in [0.25, 0.3) is 5.91 Å². The van der Waals surface area contributed by atoms with Gasteiger partial charge in [-0.1, -0.05) is 66.7 Å². The van der Waals surface area contributed by atoms with E-state index in [0.717, 1.165) is 16.3 Å². The minimum absolute atomic E-state index is 0.166. The number of nitrogens with zero attached hydrogens (tertiary/aromatic N) is 2. The quantitative estimate of drug-likeness (QED) is 0.546. The molecule has 3 aromatic carbocycles. The van der Waals surface area contributed by atoms with Gasteiger partial charge in [0.15, 0.2) is 5.69 Å². The molecule has 0 unspecified atom stereocenters. The molecule has 0 atom stereocenters. The summed E-state index contributed by atoms with van der Waals surface area (Å²) < 4.78 is 1.49. The van der Waals surface area contributed by atoms with Gasteiger partial charge in [-0.3, -0.25) is 14.3 Å². The van der Waals surface area contributed by atoms with Gasteiger partial charge in [0.05, 0.1) is 6.42 Å². The summed E-state index contributed by atoms with van der Waals surface area (Å²) in [7, 11) is 1.69. The van der Waals surface area contributed by atoms with Crippen LogP contribution in [0.25, 0.3) is 10.8 Å². The Labute approximate surface area is 168 Å². The zero-order valence-corrected chi connectivity index (χ0v) is 15.9. The number of aryl methyl sites for hydroxylation is 1. The van der Waals surface area contributed by atoms with Gasteiger partial charge in [0.1, 0.15) is 5.82 Å². The summed E-state index contributed by atoms with van der Waals surface area (Å²) in [5.74, 6) is -0.0327. The molecular formula is C23H20N4O2. The first-order chi connectivity index (χ1) is 14.1. The monoisotopic (exact) mass is 384 g/mol. The van der Waals surface area contributed by atoms with Crippen LogP contribution in [0.4, 0.5) is 11.5 Å². The van der Waals surface area contributed by atoms with Crippen LogP contribution >= 0.6 is 0 Å². The zero-order valence-electron chi connectivity index (χ0n) is 15.9. The molecule has 144 valence electrons. The molecule has 0 saturated carbocycles. The molecule has 0 fully saturated rings. The Balaban J connectivity index is 1.48. The summed E-state index contributed by atoms with van der Waals surface area (Å²) in [6, 6.07) is 24.6. The molecule has 29 heavy (non-hydrogen) atoms. The predicted molar refractivity (Wildman–Crippen MR) is 114 cm³/mol. The average molecular weight is 384 g/mol. The van der Waals surface area contributed by atoms with Crippen molar-refractivity contribution in [1.29, 1.82) is 0 Å². The van der Waals surface area contributed by atoms with Crippen molar-refractivity contribution in [2.45, 2.75) is 6.42 Å². The second-order valence-electron chi connectivity index (χ2n) is 6.73. The van der Waals surface area contributed by atoms with E-state index in [1.54, 1.807) is 13.1 Å². The van der Waals surface area contributed by atoms with E-state index in [2.05, 4.69) is 15.7 Å². The van der Waals surface area contributed by atoms with Crippen molar-refractivity contribution in [1.82, 2.24) is 9.78 Å². The number of amides is 2. The Morgan fingerprint density at radius 1 is 0.897 bits per heavy atom. The van der Waals surface area contributed by atoms with Crippen molar-refractivity contribution in [3.8, 4) is 0 Å². The maximum absolute atomic E-state index is 12.7. The van der Waals surface area contributed by atoms with Crippen molar-refractivity contribution < 1.29 is 9.59 Å². The molecule has 6 nitrogen and oxygen atoms in total. The SMILES string of the molecule is Cn1nc(C(=O)Nc2cccc3ccccc23)cc1NC(=O)Cc1ccccc1.